The first-order chi connectivity index (χ1) is 16.6. The van der Waals surface area contributed by atoms with E-state index < -0.39 is 10.0 Å². The number of benzene rings is 2. The quantitative estimate of drug-likeness (QED) is 0.391. The third-order valence-corrected chi connectivity index (χ3v) is 8.19. The fourth-order valence-corrected chi connectivity index (χ4v) is 5.62. The Kier molecular flexibility index (Phi) is 6.99. The van der Waals surface area contributed by atoms with Crippen LogP contribution in [0.2, 0.25) is 0 Å². The third-order valence-electron chi connectivity index (χ3n) is 6.80. The van der Waals surface area contributed by atoms with Crippen LogP contribution in [0.25, 0.3) is 0 Å². The van der Waals surface area contributed by atoms with Gasteiger partial charge in [-0.2, -0.15) is 0 Å². The molecule has 0 bridgehead atoms. The van der Waals surface area contributed by atoms with Crippen LogP contribution in [0, 0.1) is 5.92 Å². The lowest BCUT2D eigenvalue weighted by atomic mass is 9.83. The van der Waals surface area contributed by atoms with Crippen molar-refractivity contribution < 1.29 is 13.2 Å². The van der Waals surface area contributed by atoms with Crippen LogP contribution < -0.4 is 14.8 Å². The topological polar surface area (TPSA) is 96.1 Å². The minimum atomic E-state index is -3.58. The maximum Gasteiger partial charge on any atom is 0.257 e. The van der Waals surface area contributed by atoms with E-state index in [0.717, 1.165) is 30.2 Å². The van der Waals surface area contributed by atoms with E-state index in [1.54, 1.807) is 0 Å². The number of hydrogen-bond acceptors (Lipinski definition) is 5. The summed E-state index contributed by atoms with van der Waals surface area (Å²) in [5.41, 5.74) is 3.60. The van der Waals surface area contributed by atoms with E-state index in [9.17, 15) is 8.42 Å². The molecule has 1 aliphatic heterocycles. The number of imidazole rings is 1. The highest BCUT2D eigenvalue weighted by Crippen LogP contribution is 2.37. The first-order valence-electron chi connectivity index (χ1n) is 12.1. The molecule has 1 fully saturated rings. The van der Waals surface area contributed by atoms with E-state index in [1.165, 1.54) is 42.9 Å². The lowest BCUT2D eigenvalue weighted by Gasteiger charge is -2.35. The third kappa shape index (κ3) is 5.68. The molecule has 0 radical (unpaired) electrons. The zero-order valence-corrected chi connectivity index (χ0v) is 20.1. The molecular formula is C26H32N4O3S. The number of aromatic amines is 1. The normalized spacial score (nSPS) is 20.0. The van der Waals surface area contributed by atoms with Crippen molar-refractivity contribution in [3.8, 4) is 5.75 Å². The van der Waals surface area contributed by atoms with E-state index in [1.807, 2.05) is 12.1 Å². The van der Waals surface area contributed by atoms with Gasteiger partial charge in [0.2, 0.25) is 0 Å². The second-order valence-electron chi connectivity index (χ2n) is 9.34. The highest BCUT2D eigenvalue weighted by Gasteiger charge is 2.31. The van der Waals surface area contributed by atoms with Crippen molar-refractivity contribution in [2.45, 2.75) is 49.1 Å². The number of hydrogen-bond donors (Lipinski definition) is 3. The van der Waals surface area contributed by atoms with Crippen LogP contribution in [-0.2, 0) is 22.9 Å². The second kappa shape index (κ2) is 10.3. The Balaban J connectivity index is 1.30. The van der Waals surface area contributed by atoms with Crippen LogP contribution in [0.4, 0.5) is 0 Å². The predicted octanol–water partition coefficient (Wildman–Crippen LogP) is 3.41. The molecular weight excluding hydrogens is 448 g/mol. The van der Waals surface area contributed by atoms with Gasteiger partial charge < -0.3 is 15.0 Å². The summed E-state index contributed by atoms with van der Waals surface area (Å²) in [6.07, 6.45) is 8.17. The fraction of sp³-hybridized carbons (Fsp3) is 0.423. The minimum Gasteiger partial charge on any atom is -0.492 e. The Morgan fingerprint density at radius 2 is 1.91 bits per heavy atom. The molecule has 8 heteroatoms. The average Bonchev–Trinajstić information content (AvgIpc) is 3.49. The highest BCUT2D eigenvalue weighted by atomic mass is 32.2. The average molecular weight is 481 g/mol. The molecule has 0 amide bonds. The molecule has 0 unspecified atom stereocenters. The maximum absolute atomic E-state index is 12.4. The Labute approximate surface area is 201 Å². The molecule has 5 rings (SSSR count). The molecule has 2 atom stereocenters. The highest BCUT2D eigenvalue weighted by molar-refractivity contribution is 7.89. The van der Waals surface area contributed by atoms with Gasteiger partial charge in [-0.05, 0) is 54.5 Å². The summed E-state index contributed by atoms with van der Waals surface area (Å²) in [6.45, 7) is 2.00. The summed E-state index contributed by atoms with van der Waals surface area (Å²) in [6, 6.07) is 17.1. The molecule has 1 aromatic heterocycles. The molecule has 1 saturated carbocycles. The zero-order chi connectivity index (χ0) is 23.4. The first-order valence-corrected chi connectivity index (χ1v) is 13.6. The van der Waals surface area contributed by atoms with Gasteiger partial charge >= 0.3 is 0 Å². The van der Waals surface area contributed by atoms with Crippen molar-refractivity contribution in [1.82, 2.24) is 20.0 Å². The summed E-state index contributed by atoms with van der Waals surface area (Å²) >= 11 is 0. The van der Waals surface area contributed by atoms with Gasteiger partial charge in [0.05, 0.1) is 12.5 Å². The summed E-state index contributed by atoms with van der Waals surface area (Å²) in [5, 5.41) is 3.85. The first kappa shape index (κ1) is 23.1. The molecule has 0 saturated heterocycles. The van der Waals surface area contributed by atoms with Crippen LogP contribution in [0.3, 0.4) is 0 Å². The summed E-state index contributed by atoms with van der Waals surface area (Å²) in [5.74, 6) is 2.13. The monoisotopic (exact) mass is 480 g/mol. The van der Waals surface area contributed by atoms with Crippen molar-refractivity contribution in [2.75, 3.05) is 19.7 Å². The van der Waals surface area contributed by atoms with Crippen LogP contribution in [0.15, 0.2) is 66.1 Å². The Bertz CT molecular complexity index is 1180. The maximum atomic E-state index is 12.4. The Morgan fingerprint density at radius 1 is 1.06 bits per heavy atom. The van der Waals surface area contributed by atoms with Gasteiger partial charge in [0.15, 0.2) is 5.03 Å². The van der Waals surface area contributed by atoms with E-state index in [-0.39, 0.29) is 11.1 Å². The molecule has 7 nitrogen and oxygen atoms in total. The second-order valence-corrected chi connectivity index (χ2v) is 11.1. The van der Waals surface area contributed by atoms with Crippen molar-refractivity contribution in [3.63, 3.8) is 0 Å². The van der Waals surface area contributed by atoms with Crippen LogP contribution in [-0.4, -0.2) is 44.1 Å². The SMILES string of the molecule is O=S(=O)(NCCc1ccc2c(c1)[C@@H](Cc1ccccc1)[C@@H](NCCC1CC1)CO2)c1cnc[nH]1. The van der Waals surface area contributed by atoms with Gasteiger partial charge in [-0.25, -0.2) is 18.1 Å². The molecule has 34 heavy (non-hydrogen) atoms. The Hall–Kier alpha value is -2.68. The number of nitrogens with one attached hydrogen (secondary N) is 3. The lowest BCUT2D eigenvalue weighted by molar-refractivity contribution is 0.211. The molecule has 1 aliphatic carbocycles. The van der Waals surface area contributed by atoms with Crippen molar-refractivity contribution in [2.24, 2.45) is 5.92 Å². The molecule has 3 N–H and O–H groups in total. The number of fused-ring (bicyclic) bond motifs is 1. The van der Waals surface area contributed by atoms with Gasteiger partial charge in [0, 0.05) is 18.5 Å². The van der Waals surface area contributed by atoms with Gasteiger partial charge in [0.25, 0.3) is 10.0 Å². The molecule has 2 aromatic carbocycles. The number of sulfonamides is 1. The largest absolute Gasteiger partial charge is 0.492 e. The number of ether oxygens (including phenoxy) is 1. The number of rotatable bonds is 11. The molecule has 3 aromatic rings. The minimum absolute atomic E-state index is 0.0781. The summed E-state index contributed by atoms with van der Waals surface area (Å²) < 4.78 is 33.5. The van der Waals surface area contributed by atoms with E-state index in [2.05, 4.69) is 56.4 Å². The molecule has 0 spiro atoms. The smallest absolute Gasteiger partial charge is 0.257 e. The van der Waals surface area contributed by atoms with Crippen LogP contribution in [0.5, 0.6) is 5.75 Å². The fourth-order valence-electron chi connectivity index (χ4n) is 4.69. The van der Waals surface area contributed by atoms with E-state index in [4.69, 9.17) is 4.74 Å². The standard InChI is InChI=1S/C26H32N4O3S/c31-34(32,26-16-27-18-29-26)30-13-11-21-8-9-25-23(15-21)22(14-20-4-2-1-3-5-20)24(17-33-25)28-12-10-19-6-7-19/h1-5,8-9,15-16,18-19,22,24,28,30H,6-7,10-14,17H2,(H,27,29)/t22-,24+/m1/s1. The Morgan fingerprint density at radius 3 is 2.68 bits per heavy atom. The number of nitrogens with zero attached hydrogens (tertiary/aromatic N) is 1. The van der Waals surface area contributed by atoms with Gasteiger partial charge in [-0.3, -0.25) is 0 Å². The van der Waals surface area contributed by atoms with E-state index >= 15 is 0 Å². The van der Waals surface area contributed by atoms with Crippen LogP contribution in [0.1, 0.15) is 41.9 Å². The number of aromatic nitrogens is 2. The molecule has 180 valence electrons. The molecule has 2 heterocycles. The lowest BCUT2D eigenvalue weighted by Crippen LogP contribution is -2.44. The van der Waals surface area contributed by atoms with Crippen LogP contribution >= 0.6 is 0 Å². The van der Waals surface area contributed by atoms with E-state index in [0.29, 0.717) is 25.5 Å². The van der Waals surface area contributed by atoms with Gasteiger partial charge in [-0.15, -0.1) is 0 Å². The van der Waals surface area contributed by atoms with Crippen molar-refractivity contribution in [3.05, 3.63) is 77.7 Å². The summed E-state index contributed by atoms with van der Waals surface area (Å²) in [7, 11) is -3.58. The van der Waals surface area contributed by atoms with Gasteiger partial charge in [-0.1, -0.05) is 55.3 Å². The predicted molar refractivity (Wildman–Crippen MR) is 131 cm³/mol. The number of H-pyrrole nitrogens is 1. The van der Waals surface area contributed by atoms with Crippen molar-refractivity contribution in [1.29, 1.82) is 0 Å². The molecule has 2 aliphatic rings. The van der Waals surface area contributed by atoms with Crippen molar-refractivity contribution >= 4 is 10.0 Å². The zero-order valence-electron chi connectivity index (χ0n) is 19.2. The summed E-state index contributed by atoms with van der Waals surface area (Å²) in [4.78, 5) is 6.44. The van der Waals surface area contributed by atoms with Gasteiger partial charge in [0.1, 0.15) is 12.4 Å².